The van der Waals surface area contributed by atoms with Gasteiger partial charge in [-0.1, -0.05) is 22.9 Å². The molecule has 0 radical (unpaired) electrons. The highest BCUT2D eigenvalue weighted by Gasteiger charge is 2.16. The monoisotopic (exact) mass is 451 g/mol. The Bertz CT molecular complexity index is 1630. The summed E-state index contributed by atoms with van der Waals surface area (Å²) in [5.74, 6) is 0.905. The van der Waals surface area contributed by atoms with E-state index in [4.69, 9.17) is 16.0 Å². The van der Waals surface area contributed by atoms with E-state index in [1.54, 1.807) is 28.7 Å². The van der Waals surface area contributed by atoms with Crippen molar-refractivity contribution >= 4 is 50.7 Å². The van der Waals surface area contributed by atoms with Gasteiger partial charge in [-0.05, 0) is 61.4 Å². The van der Waals surface area contributed by atoms with Crippen LogP contribution in [0.2, 0.25) is 5.02 Å². The maximum atomic E-state index is 13.0. The van der Waals surface area contributed by atoms with Gasteiger partial charge in [0.2, 0.25) is 0 Å². The first kappa shape index (κ1) is 19.5. The van der Waals surface area contributed by atoms with E-state index in [0.29, 0.717) is 26.6 Å². The predicted octanol–water partition coefficient (Wildman–Crippen LogP) is 4.90. The van der Waals surface area contributed by atoms with E-state index >= 15 is 0 Å². The number of hydrogen-bond donors (Lipinski definition) is 0. The minimum atomic E-state index is -0.541. The number of benzene rings is 2. The van der Waals surface area contributed by atoms with E-state index < -0.39 is 4.92 Å². The molecule has 2 aromatic carbocycles. The van der Waals surface area contributed by atoms with E-state index in [0.717, 1.165) is 22.2 Å². The molecule has 7 nitrogen and oxygen atoms in total. The molecule has 9 heteroatoms. The van der Waals surface area contributed by atoms with Crippen LogP contribution in [0.1, 0.15) is 16.9 Å². The summed E-state index contributed by atoms with van der Waals surface area (Å²) in [7, 11) is 0. The highest BCUT2D eigenvalue weighted by Crippen LogP contribution is 2.31. The van der Waals surface area contributed by atoms with Gasteiger partial charge in [0.1, 0.15) is 21.1 Å². The van der Waals surface area contributed by atoms with E-state index in [1.165, 1.54) is 23.5 Å². The second-order valence-electron chi connectivity index (χ2n) is 7.20. The number of imidazole rings is 1. The molecular formula is C22H14ClN3O4S. The quantitative estimate of drug-likeness (QED) is 0.287. The van der Waals surface area contributed by atoms with Crippen molar-refractivity contribution in [3.63, 3.8) is 0 Å². The Kier molecular flexibility index (Phi) is 4.42. The van der Waals surface area contributed by atoms with Crippen LogP contribution >= 0.6 is 22.9 Å². The lowest BCUT2D eigenvalue weighted by Crippen LogP contribution is -2.22. The third kappa shape index (κ3) is 3.20. The molecule has 0 aliphatic heterocycles. The van der Waals surface area contributed by atoms with Gasteiger partial charge in [-0.15, -0.1) is 0 Å². The van der Waals surface area contributed by atoms with Gasteiger partial charge >= 0.3 is 0 Å². The molecule has 0 saturated heterocycles. The van der Waals surface area contributed by atoms with Crippen molar-refractivity contribution in [2.24, 2.45) is 0 Å². The fourth-order valence-electron chi connectivity index (χ4n) is 3.44. The van der Waals surface area contributed by atoms with Crippen LogP contribution in [-0.2, 0) is 0 Å². The Morgan fingerprint density at radius 1 is 1.16 bits per heavy atom. The topological polar surface area (TPSA) is 90.7 Å². The van der Waals surface area contributed by atoms with Crippen LogP contribution in [0.3, 0.4) is 0 Å². The molecule has 0 bridgehead atoms. The minimum Gasteiger partial charge on any atom is -0.457 e. The predicted molar refractivity (Wildman–Crippen MR) is 121 cm³/mol. The molecule has 0 fully saturated rings. The van der Waals surface area contributed by atoms with Gasteiger partial charge in [-0.25, -0.2) is 9.38 Å². The molecule has 0 N–H and O–H groups in total. The number of aryl methyl sites for hydroxylation is 2. The van der Waals surface area contributed by atoms with E-state index in [1.807, 2.05) is 26.0 Å². The molecule has 5 rings (SSSR count). The van der Waals surface area contributed by atoms with Crippen molar-refractivity contribution in [2.75, 3.05) is 0 Å². The number of thiazole rings is 1. The zero-order valence-corrected chi connectivity index (χ0v) is 18.0. The van der Waals surface area contributed by atoms with Crippen LogP contribution in [-0.4, -0.2) is 14.3 Å². The Balaban J connectivity index is 1.59. The number of nitro groups is 1. The lowest BCUT2D eigenvalue weighted by Gasteiger charge is -1.99. The van der Waals surface area contributed by atoms with Gasteiger partial charge < -0.3 is 4.42 Å². The van der Waals surface area contributed by atoms with Crippen molar-refractivity contribution in [1.82, 2.24) is 9.38 Å². The maximum absolute atomic E-state index is 13.0. The number of aromatic nitrogens is 2. The number of rotatable bonds is 3. The second-order valence-corrected chi connectivity index (χ2v) is 8.61. The number of furan rings is 1. The van der Waals surface area contributed by atoms with Crippen LogP contribution in [0.25, 0.3) is 33.4 Å². The van der Waals surface area contributed by atoms with Gasteiger partial charge in [0, 0.05) is 17.7 Å². The zero-order valence-electron chi connectivity index (χ0n) is 16.4. The molecule has 3 heterocycles. The van der Waals surface area contributed by atoms with E-state index in [-0.39, 0.29) is 16.3 Å². The van der Waals surface area contributed by atoms with Gasteiger partial charge in [0.05, 0.1) is 16.0 Å². The fraction of sp³-hybridized carbons (Fsp3) is 0.0909. The number of nitrogens with zero attached hydrogens (tertiary/aromatic N) is 3. The summed E-state index contributed by atoms with van der Waals surface area (Å²) in [5.41, 5.74) is 3.97. The standard InChI is InChI=1S/C22H14ClN3O4S/c1-11-7-16-18(8-12(11)2)25-21(27)20(31-22(25)24-16)10-14-4-6-19(30-14)13-3-5-15(23)17(9-13)26(28)29/h3-10H,1-2H3/b20-10-. The molecule has 0 saturated carbocycles. The summed E-state index contributed by atoms with van der Waals surface area (Å²) in [6.45, 7) is 4.02. The highest BCUT2D eigenvalue weighted by molar-refractivity contribution is 7.15. The molecule has 0 aliphatic rings. The van der Waals surface area contributed by atoms with Crippen LogP contribution in [0, 0.1) is 24.0 Å². The van der Waals surface area contributed by atoms with Crippen molar-refractivity contribution in [3.8, 4) is 11.3 Å². The van der Waals surface area contributed by atoms with Crippen molar-refractivity contribution in [2.45, 2.75) is 13.8 Å². The molecule has 154 valence electrons. The summed E-state index contributed by atoms with van der Waals surface area (Å²) < 4.78 is 7.92. The molecule has 5 aromatic rings. The smallest absolute Gasteiger partial charge is 0.288 e. The average molecular weight is 452 g/mol. The third-order valence-electron chi connectivity index (χ3n) is 5.18. The Hall–Kier alpha value is -3.49. The number of hydrogen-bond acceptors (Lipinski definition) is 6. The fourth-order valence-corrected chi connectivity index (χ4v) is 4.59. The second kappa shape index (κ2) is 7.04. The summed E-state index contributed by atoms with van der Waals surface area (Å²) in [6.07, 6.45) is 1.66. The van der Waals surface area contributed by atoms with E-state index in [9.17, 15) is 14.9 Å². The SMILES string of the molecule is Cc1cc2nc3s/c(=C\c4ccc(-c5ccc(Cl)c([N+](=O)[O-])c5)o4)c(=O)n3c2cc1C. The molecule has 0 spiro atoms. The molecular weight excluding hydrogens is 438 g/mol. The first-order chi connectivity index (χ1) is 14.8. The minimum absolute atomic E-state index is 0.0580. The first-order valence-electron chi connectivity index (χ1n) is 9.30. The third-order valence-corrected chi connectivity index (χ3v) is 6.47. The van der Waals surface area contributed by atoms with E-state index in [2.05, 4.69) is 4.98 Å². The van der Waals surface area contributed by atoms with Gasteiger partial charge in [0.25, 0.3) is 11.2 Å². The largest absolute Gasteiger partial charge is 0.457 e. The van der Waals surface area contributed by atoms with Crippen LogP contribution in [0.4, 0.5) is 5.69 Å². The lowest BCUT2D eigenvalue weighted by atomic mass is 10.1. The summed E-state index contributed by atoms with van der Waals surface area (Å²) >= 11 is 7.16. The van der Waals surface area contributed by atoms with Gasteiger partial charge in [-0.3, -0.25) is 14.9 Å². The number of nitro benzene ring substituents is 1. The number of fused-ring (bicyclic) bond motifs is 3. The maximum Gasteiger partial charge on any atom is 0.288 e. The normalized spacial score (nSPS) is 12.3. The Morgan fingerprint density at radius 3 is 2.71 bits per heavy atom. The number of halogens is 1. The van der Waals surface area contributed by atoms with Crippen molar-refractivity contribution in [1.29, 1.82) is 0 Å². The zero-order chi connectivity index (χ0) is 21.9. The molecule has 0 atom stereocenters. The van der Waals surface area contributed by atoms with Crippen molar-refractivity contribution in [3.05, 3.63) is 89.4 Å². The van der Waals surface area contributed by atoms with Gasteiger partial charge in [-0.2, -0.15) is 0 Å². The molecule has 0 aliphatic carbocycles. The summed E-state index contributed by atoms with van der Waals surface area (Å²) in [5, 5.41) is 11.2. The van der Waals surface area contributed by atoms with Gasteiger partial charge in [0.15, 0.2) is 4.96 Å². The average Bonchev–Trinajstić information content (AvgIpc) is 3.39. The van der Waals surface area contributed by atoms with Crippen molar-refractivity contribution < 1.29 is 9.34 Å². The molecule has 0 amide bonds. The highest BCUT2D eigenvalue weighted by atomic mass is 35.5. The lowest BCUT2D eigenvalue weighted by molar-refractivity contribution is -0.384. The molecule has 31 heavy (non-hydrogen) atoms. The van der Waals surface area contributed by atoms with Crippen LogP contribution in [0.15, 0.2) is 51.7 Å². The summed E-state index contributed by atoms with van der Waals surface area (Å²) in [4.78, 5) is 28.8. The van der Waals surface area contributed by atoms with Crippen LogP contribution < -0.4 is 10.1 Å². The van der Waals surface area contributed by atoms with Crippen LogP contribution in [0.5, 0.6) is 0 Å². The summed E-state index contributed by atoms with van der Waals surface area (Å²) in [6, 6.07) is 11.8. The Morgan fingerprint density at radius 2 is 1.94 bits per heavy atom. The first-order valence-corrected chi connectivity index (χ1v) is 10.5. The Labute approximate surface area is 184 Å². The molecule has 3 aromatic heterocycles. The molecule has 0 unspecified atom stereocenters.